The van der Waals surface area contributed by atoms with E-state index in [4.69, 9.17) is 0 Å². The Hall–Kier alpha value is -0.770. The topological polar surface area (TPSA) is 20.2 Å². The van der Waals surface area contributed by atoms with Crippen molar-refractivity contribution in [3.63, 3.8) is 0 Å². The van der Waals surface area contributed by atoms with Gasteiger partial charge in [0.15, 0.2) is 0 Å². The maximum Gasteiger partial charge on any atom is 0.115 e. The van der Waals surface area contributed by atoms with Crippen molar-refractivity contribution in [2.45, 2.75) is 24.8 Å². The molecule has 17 heavy (non-hydrogen) atoms. The van der Waals surface area contributed by atoms with Crippen LogP contribution in [0.3, 0.4) is 0 Å². The molecule has 2 aromatic rings. The van der Waals surface area contributed by atoms with Crippen LogP contribution in [0.25, 0.3) is 0 Å². The van der Waals surface area contributed by atoms with E-state index in [-0.39, 0.29) is 0 Å². The fraction of sp³-hybridized carbons (Fsp3) is 0.286. The van der Waals surface area contributed by atoms with E-state index in [2.05, 4.69) is 26.0 Å². The van der Waals surface area contributed by atoms with Crippen LogP contribution < -0.4 is 0 Å². The van der Waals surface area contributed by atoms with Crippen LogP contribution >= 0.6 is 23.1 Å². The van der Waals surface area contributed by atoms with Gasteiger partial charge >= 0.3 is 0 Å². The first-order valence-corrected chi connectivity index (χ1v) is 7.55. The lowest BCUT2D eigenvalue weighted by Crippen LogP contribution is -2.00. The van der Waals surface area contributed by atoms with Crippen molar-refractivity contribution in [1.82, 2.24) is 0 Å². The summed E-state index contributed by atoms with van der Waals surface area (Å²) in [4.78, 5) is 3.45. The summed E-state index contributed by atoms with van der Waals surface area (Å²) in [6.07, 6.45) is 1.54. The van der Waals surface area contributed by atoms with E-state index < -0.39 is 6.10 Å². The summed E-state index contributed by atoms with van der Waals surface area (Å²) in [5, 5.41) is 10.5. The zero-order valence-corrected chi connectivity index (χ0v) is 11.9. The average molecular weight is 264 g/mol. The quantitative estimate of drug-likeness (QED) is 0.840. The van der Waals surface area contributed by atoms with E-state index in [9.17, 15) is 5.11 Å². The number of thioether (sulfide) groups is 1. The Labute approximate surface area is 111 Å². The summed E-state index contributed by atoms with van der Waals surface area (Å²) < 4.78 is 0. The third kappa shape index (κ3) is 2.57. The predicted octanol–water partition coefficient (Wildman–Crippen LogP) is 4.17. The highest BCUT2D eigenvalue weighted by molar-refractivity contribution is 7.98. The molecule has 0 aliphatic heterocycles. The van der Waals surface area contributed by atoms with Crippen molar-refractivity contribution in [3.05, 3.63) is 51.2 Å². The van der Waals surface area contributed by atoms with Crippen LogP contribution in [0.4, 0.5) is 0 Å². The van der Waals surface area contributed by atoms with E-state index in [0.717, 1.165) is 15.3 Å². The van der Waals surface area contributed by atoms with E-state index in [1.807, 2.05) is 24.5 Å². The summed E-state index contributed by atoms with van der Waals surface area (Å²) in [5.74, 6) is 0. The second-order valence-electron chi connectivity index (χ2n) is 4.05. The summed E-state index contributed by atoms with van der Waals surface area (Å²) in [6.45, 7) is 4.14. The molecule has 1 atom stereocenters. The minimum atomic E-state index is -0.502. The first-order chi connectivity index (χ1) is 8.13. The van der Waals surface area contributed by atoms with Crippen LogP contribution in [0.1, 0.15) is 27.0 Å². The molecule has 0 aliphatic carbocycles. The van der Waals surface area contributed by atoms with Crippen molar-refractivity contribution in [2.75, 3.05) is 6.26 Å². The highest BCUT2D eigenvalue weighted by atomic mass is 32.2. The molecular weight excluding hydrogens is 248 g/mol. The van der Waals surface area contributed by atoms with Gasteiger partial charge in [-0.3, -0.25) is 0 Å². The Morgan fingerprint density at radius 2 is 1.94 bits per heavy atom. The van der Waals surface area contributed by atoms with Gasteiger partial charge in [0.25, 0.3) is 0 Å². The van der Waals surface area contributed by atoms with Gasteiger partial charge in [0.05, 0.1) is 0 Å². The molecule has 0 fully saturated rings. The summed E-state index contributed by atoms with van der Waals surface area (Å²) in [5.41, 5.74) is 2.18. The number of thiophene rings is 1. The minimum Gasteiger partial charge on any atom is -0.383 e. The zero-order valence-electron chi connectivity index (χ0n) is 10.2. The van der Waals surface area contributed by atoms with Gasteiger partial charge in [0.2, 0.25) is 0 Å². The lowest BCUT2D eigenvalue weighted by atomic mass is 10.1. The van der Waals surface area contributed by atoms with E-state index in [1.54, 1.807) is 23.1 Å². The molecular formula is C14H16OS2. The normalized spacial score (nSPS) is 12.7. The number of hydrogen-bond acceptors (Lipinski definition) is 3. The Kier molecular flexibility index (Phi) is 3.92. The summed E-state index contributed by atoms with van der Waals surface area (Å²) in [7, 11) is 0. The van der Waals surface area contributed by atoms with Crippen LogP contribution in [-0.4, -0.2) is 11.4 Å². The van der Waals surface area contributed by atoms with Gasteiger partial charge in [0, 0.05) is 14.6 Å². The third-order valence-electron chi connectivity index (χ3n) is 2.76. The largest absolute Gasteiger partial charge is 0.383 e. The Bertz CT molecular complexity index is 517. The zero-order chi connectivity index (χ0) is 12.4. The average Bonchev–Trinajstić information content (AvgIpc) is 2.67. The SMILES string of the molecule is CSc1ccccc1C(O)c1sc(C)cc1C. The molecule has 0 bridgehead atoms. The molecule has 0 spiro atoms. The van der Waals surface area contributed by atoms with Gasteiger partial charge in [-0.1, -0.05) is 18.2 Å². The smallest absolute Gasteiger partial charge is 0.115 e. The third-order valence-corrected chi connectivity index (χ3v) is 4.78. The van der Waals surface area contributed by atoms with Crippen molar-refractivity contribution < 1.29 is 5.11 Å². The first-order valence-electron chi connectivity index (χ1n) is 5.51. The highest BCUT2D eigenvalue weighted by Gasteiger charge is 2.17. The summed E-state index contributed by atoms with van der Waals surface area (Å²) >= 11 is 3.35. The van der Waals surface area contributed by atoms with Gasteiger partial charge in [-0.25, -0.2) is 0 Å². The van der Waals surface area contributed by atoms with E-state index in [1.165, 1.54) is 10.4 Å². The first kappa shape index (κ1) is 12.7. The van der Waals surface area contributed by atoms with Crippen molar-refractivity contribution in [2.24, 2.45) is 0 Å². The lowest BCUT2D eigenvalue weighted by Gasteiger charge is -2.14. The molecule has 3 heteroatoms. The standard InChI is InChI=1S/C14H16OS2/c1-9-8-10(2)17-14(9)13(15)11-6-4-5-7-12(11)16-3/h4-8,13,15H,1-3H3. The van der Waals surface area contributed by atoms with Crippen LogP contribution in [0.15, 0.2) is 35.2 Å². The molecule has 0 saturated carbocycles. The molecule has 1 nitrogen and oxygen atoms in total. The van der Waals surface area contributed by atoms with Gasteiger partial charge < -0.3 is 5.11 Å². The van der Waals surface area contributed by atoms with Crippen LogP contribution in [0.2, 0.25) is 0 Å². The van der Waals surface area contributed by atoms with Gasteiger partial charge in [-0.15, -0.1) is 23.1 Å². The van der Waals surface area contributed by atoms with Crippen molar-refractivity contribution in [1.29, 1.82) is 0 Å². The molecule has 1 unspecified atom stereocenters. The number of aliphatic hydroxyl groups excluding tert-OH is 1. The maximum absolute atomic E-state index is 10.5. The lowest BCUT2D eigenvalue weighted by molar-refractivity contribution is 0.220. The number of rotatable bonds is 3. The van der Waals surface area contributed by atoms with Crippen LogP contribution in [0.5, 0.6) is 0 Å². The minimum absolute atomic E-state index is 0.502. The van der Waals surface area contributed by atoms with E-state index >= 15 is 0 Å². The Balaban J connectivity index is 2.43. The molecule has 2 rings (SSSR count). The van der Waals surface area contributed by atoms with Gasteiger partial charge in [-0.2, -0.15) is 0 Å². The molecule has 0 saturated heterocycles. The molecule has 0 amide bonds. The predicted molar refractivity (Wildman–Crippen MR) is 76.1 cm³/mol. The fourth-order valence-electron chi connectivity index (χ4n) is 1.96. The molecule has 90 valence electrons. The van der Waals surface area contributed by atoms with Gasteiger partial charge in [0.1, 0.15) is 6.10 Å². The molecule has 0 radical (unpaired) electrons. The number of aliphatic hydroxyl groups is 1. The molecule has 0 aliphatic rings. The van der Waals surface area contributed by atoms with Crippen LogP contribution in [0, 0.1) is 13.8 Å². The molecule has 1 aromatic carbocycles. The fourth-order valence-corrected chi connectivity index (χ4v) is 3.64. The van der Waals surface area contributed by atoms with Gasteiger partial charge in [-0.05, 0) is 43.4 Å². The van der Waals surface area contributed by atoms with Crippen molar-refractivity contribution in [3.8, 4) is 0 Å². The molecule has 1 N–H and O–H groups in total. The van der Waals surface area contributed by atoms with Crippen LogP contribution in [-0.2, 0) is 0 Å². The summed E-state index contributed by atoms with van der Waals surface area (Å²) in [6, 6.07) is 10.2. The Morgan fingerprint density at radius 3 is 2.53 bits per heavy atom. The van der Waals surface area contributed by atoms with E-state index in [0.29, 0.717) is 0 Å². The monoisotopic (exact) mass is 264 g/mol. The highest BCUT2D eigenvalue weighted by Crippen LogP contribution is 2.35. The molecule has 1 aromatic heterocycles. The number of hydrogen-bond donors (Lipinski definition) is 1. The number of benzene rings is 1. The van der Waals surface area contributed by atoms with Crippen molar-refractivity contribution >= 4 is 23.1 Å². The number of aryl methyl sites for hydroxylation is 2. The second kappa shape index (κ2) is 5.25. The second-order valence-corrected chi connectivity index (χ2v) is 6.18. The Morgan fingerprint density at radius 1 is 1.24 bits per heavy atom. The maximum atomic E-state index is 10.5. The molecule has 1 heterocycles.